The van der Waals surface area contributed by atoms with Crippen LogP contribution in [0.25, 0.3) is 0 Å². The highest BCUT2D eigenvalue weighted by Gasteiger charge is 2.03. The molecule has 0 spiro atoms. The molecule has 0 fully saturated rings. The molecule has 22 heavy (non-hydrogen) atoms. The van der Waals surface area contributed by atoms with Crippen LogP contribution in [0, 0.1) is 0 Å². The standard InChI is InChI=1S/C19H27N3/c1-3-4-5-7-10-16(2)21-18-13-14-19(20-15-18)22-17-11-8-6-9-12-17/h6,8-9,11-16,21H,3-5,7,10H2,1-2H3,(H,20,22). The van der Waals surface area contributed by atoms with Crippen molar-refractivity contribution >= 4 is 17.2 Å². The normalized spacial score (nSPS) is 11.9. The van der Waals surface area contributed by atoms with Crippen LogP contribution in [0.5, 0.6) is 0 Å². The van der Waals surface area contributed by atoms with E-state index in [2.05, 4.69) is 35.5 Å². The lowest BCUT2D eigenvalue weighted by Gasteiger charge is -2.15. The van der Waals surface area contributed by atoms with Crippen LogP contribution >= 0.6 is 0 Å². The molecule has 0 aliphatic heterocycles. The molecule has 0 amide bonds. The predicted octanol–water partition coefficient (Wildman–Crippen LogP) is 5.60. The number of hydrogen-bond donors (Lipinski definition) is 2. The third-order valence-corrected chi connectivity index (χ3v) is 3.71. The van der Waals surface area contributed by atoms with Gasteiger partial charge in [0.1, 0.15) is 5.82 Å². The minimum atomic E-state index is 0.492. The molecule has 2 aromatic rings. The lowest BCUT2D eigenvalue weighted by atomic mass is 10.1. The van der Waals surface area contributed by atoms with Crippen molar-refractivity contribution in [3.8, 4) is 0 Å². The van der Waals surface area contributed by atoms with Gasteiger partial charge in [0.2, 0.25) is 0 Å². The summed E-state index contributed by atoms with van der Waals surface area (Å²) in [6.07, 6.45) is 8.37. The van der Waals surface area contributed by atoms with E-state index in [0.29, 0.717) is 6.04 Å². The van der Waals surface area contributed by atoms with Crippen molar-refractivity contribution in [3.05, 3.63) is 48.7 Å². The number of aromatic nitrogens is 1. The molecular formula is C19H27N3. The van der Waals surface area contributed by atoms with Gasteiger partial charge in [0.25, 0.3) is 0 Å². The van der Waals surface area contributed by atoms with Crippen LogP contribution in [0.1, 0.15) is 46.0 Å². The number of para-hydroxylation sites is 1. The minimum absolute atomic E-state index is 0.492. The van der Waals surface area contributed by atoms with Crippen molar-refractivity contribution in [1.29, 1.82) is 0 Å². The summed E-state index contributed by atoms with van der Waals surface area (Å²) in [5.41, 5.74) is 2.14. The van der Waals surface area contributed by atoms with Gasteiger partial charge in [-0.15, -0.1) is 0 Å². The molecule has 0 saturated heterocycles. The average Bonchev–Trinajstić information content (AvgIpc) is 2.54. The first kappa shape index (κ1) is 16.3. The average molecular weight is 297 g/mol. The zero-order chi connectivity index (χ0) is 15.6. The van der Waals surface area contributed by atoms with Gasteiger partial charge in [-0.25, -0.2) is 4.98 Å². The molecule has 3 heteroatoms. The molecule has 0 bridgehead atoms. The van der Waals surface area contributed by atoms with Crippen molar-refractivity contribution in [2.24, 2.45) is 0 Å². The van der Waals surface area contributed by atoms with Gasteiger partial charge in [0.05, 0.1) is 11.9 Å². The van der Waals surface area contributed by atoms with Gasteiger partial charge in [-0.1, -0.05) is 50.8 Å². The Balaban J connectivity index is 1.79. The molecule has 3 nitrogen and oxygen atoms in total. The van der Waals surface area contributed by atoms with Crippen molar-refractivity contribution in [3.63, 3.8) is 0 Å². The highest BCUT2D eigenvalue weighted by Crippen LogP contribution is 2.17. The van der Waals surface area contributed by atoms with Crippen LogP contribution in [-0.2, 0) is 0 Å². The van der Waals surface area contributed by atoms with E-state index >= 15 is 0 Å². The van der Waals surface area contributed by atoms with Gasteiger partial charge in [0.15, 0.2) is 0 Å². The second-order valence-corrected chi connectivity index (χ2v) is 5.82. The number of pyridine rings is 1. The van der Waals surface area contributed by atoms with Gasteiger partial charge in [-0.05, 0) is 37.6 Å². The molecule has 0 aliphatic carbocycles. The van der Waals surface area contributed by atoms with Crippen LogP contribution < -0.4 is 10.6 Å². The van der Waals surface area contributed by atoms with Crippen LogP contribution in [-0.4, -0.2) is 11.0 Å². The molecule has 0 radical (unpaired) electrons. The summed E-state index contributed by atoms with van der Waals surface area (Å²) in [6, 6.07) is 14.7. The first-order chi connectivity index (χ1) is 10.8. The summed E-state index contributed by atoms with van der Waals surface area (Å²) < 4.78 is 0. The van der Waals surface area contributed by atoms with Gasteiger partial charge in [0, 0.05) is 11.7 Å². The highest BCUT2D eigenvalue weighted by atomic mass is 15.0. The predicted molar refractivity (Wildman–Crippen MR) is 95.8 cm³/mol. The van der Waals surface area contributed by atoms with Gasteiger partial charge in [-0.2, -0.15) is 0 Å². The number of nitrogens with one attached hydrogen (secondary N) is 2. The fraction of sp³-hybridized carbons (Fsp3) is 0.421. The summed E-state index contributed by atoms with van der Waals surface area (Å²) in [6.45, 7) is 4.49. The topological polar surface area (TPSA) is 37.0 Å². The molecule has 2 N–H and O–H groups in total. The van der Waals surface area contributed by atoms with Gasteiger partial charge < -0.3 is 10.6 Å². The third-order valence-electron chi connectivity index (χ3n) is 3.71. The van der Waals surface area contributed by atoms with Crippen molar-refractivity contribution in [1.82, 2.24) is 4.98 Å². The molecule has 1 atom stereocenters. The van der Waals surface area contributed by atoms with Crippen molar-refractivity contribution < 1.29 is 0 Å². The fourth-order valence-electron chi connectivity index (χ4n) is 2.46. The van der Waals surface area contributed by atoms with E-state index in [1.165, 1.54) is 32.1 Å². The molecule has 2 rings (SSSR count). The maximum absolute atomic E-state index is 4.46. The van der Waals surface area contributed by atoms with Crippen molar-refractivity contribution in [2.75, 3.05) is 10.6 Å². The number of benzene rings is 1. The van der Waals surface area contributed by atoms with Gasteiger partial charge in [-0.3, -0.25) is 0 Å². The number of hydrogen-bond acceptors (Lipinski definition) is 3. The fourth-order valence-corrected chi connectivity index (χ4v) is 2.46. The summed E-state index contributed by atoms with van der Waals surface area (Å²) in [5.74, 6) is 0.868. The molecule has 1 heterocycles. The highest BCUT2D eigenvalue weighted by molar-refractivity contribution is 5.57. The van der Waals surface area contributed by atoms with Crippen LogP contribution in [0.15, 0.2) is 48.7 Å². The Bertz CT molecular complexity index is 522. The number of unbranched alkanes of at least 4 members (excludes halogenated alkanes) is 3. The Labute approximate surface area is 134 Å². The van der Waals surface area contributed by atoms with E-state index < -0.39 is 0 Å². The largest absolute Gasteiger partial charge is 0.381 e. The molecule has 1 unspecified atom stereocenters. The zero-order valence-corrected chi connectivity index (χ0v) is 13.7. The maximum Gasteiger partial charge on any atom is 0.130 e. The Hall–Kier alpha value is -2.03. The van der Waals surface area contributed by atoms with Crippen LogP contribution in [0.4, 0.5) is 17.2 Å². The quantitative estimate of drug-likeness (QED) is 0.592. The zero-order valence-electron chi connectivity index (χ0n) is 13.7. The summed E-state index contributed by atoms with van der Waals surface area (Å²) >= 11 is 0. The monoisotopic (exact) mass is 297 g/mol. The van der Waals surface area contributed by atoms with E-state index in [1.807, 2.05) is 42.6 Å². The lowest BCUT2D eigenvalue weighted by Crippen LogP contribution is -2.15. The van der Waals surface area contributed by atoms with E-state index in [1.54, 1.807) is 0 Å². The minimum Gasteiger partial charge on any atom is -0.381 e. The first-order valence-corrected chi connectivity index (χ1v) is 8.32. The molecule has 0 aliphatic rings. The van der Waals surface area contributed by atoms with E-state index in [-0.39, 0.29) is 0 Å². The van der Waals surface area contributed by atoms with Crippen LogP contribution in [0.2, 0.25) is 0 Å². The summed E-state index contributed by atoms with van der Waals surface area (Å²) in [4.78, 5) is 4.46. The Kier molecular flexibility index (Phi) is 6.75. The molecule has 118 valence electrons. The first-order valence-electron chi connectivity index (χ1n) is 8.32. The molecule has 0 saturated carbocycles. The number of anilines is 3. The third kappa shape index (κ3) is 5.76. The molecule has 1 aromatic heterocycles. The maximum atomic E-state index is 4.46. The lowest BCUT2D eigenvalue weighted by molar-refractivity contribution is 0.594. The number of nitrogens with zero attached hydrogens (tertiary/aromatic N) is 1. The second-order valence-electron chi connectivity index (χ2n) is 5.82. The van der Waals surface area contributed by atoms with Gasteiger partial charge >= 0.3 is 0 Å². The smallest absolute Gasteiger partial charge is 0.130 e. The van der Waals surface area contributed by atoms with E-state index in [4.69, 9.17) is 0 Å². The Morgan fingerprint density at radius 2 is 1.77 bits per heavy atom. The molecular weight excluding hydrogens is 270 g/mol. The van der Waals surface area contributed by atoms with E-state index in [9.17, 15) is 0 Å². The molecule has 1 aromatic carbocycles. The van der Waals surface area contributed by atoms with E-state index in [0.717, 1.165) is 17.2 Å². The second kappa shape index (κ2) is 9.08. The summed E-state index contributed by atoms with van der Waals surface area (Å²) in [7, 11) is 0. The summed E-state index contributed by atoms with van der Waals surface area (Å²) in [5, 5.41) is 6.81. The van der Waals surface area contributed by atoms with Crippen LogP contribution in [0.3, 0.4) is 0 Å². The number of rotatable bonds is 9. The SMILES string of the molecule is CCCCCCC(C)Nc1ccc(Nc2ccccc2)nc1. The Morgan fingerprint density at radius 3 is 2.45 bits per heavy atom. The van der Waals surface area contributed by atoms with Crippen molar-refractivity contribution in [2.45, 2.75) is 52.0 Å². The Morgan fingerprint density at radius 1 is 0.955 bits per heavy atom.